The Morgan fingerprint density at radius 2 is 2.24 bits per heavy atom. The molecule has 2 aromatic rings. The molecule has 1 aromatic carbocycles. The lowest BCUT2D eigenvalue weighted by molar-refractivity contribution is 0.0540. The van der Waals surface area contributed by atoms with Crippen LogP contribution in [0.2, 0.25) is 0 Å². The standard InChI is InChI=1S/C17H23N3O/c1-14(18-10-15-6-5-9-21-13-15)16-11-19-20(12-16)17-7-3-2-4-8-17/h2-4,7-8,11-12,14-15,18H,5-6,9-10,13H2,1H3. The Morgan fingerprint density at radius 1 is 1.38 bits per heavy atom. The zero-order valence-corrected chi connectivity index (χ0v) is 12.5. The molecule has 2 atom stereocenters. The first kappa shape index (κ1) is 14.3. The molecule has 3 rings (SSSR count). The summed E-state index contributed by atoms with van der Waals surface area (Å²) in [7, 11) is 0. The van der Waals surface area contributed by atoms with E-state index in [9.17, 15) is 0 Å². The lowest BCUT2D eigenvalue weighted by Gasteiger charge is -2.24. The van der Waals surface area contributed by atoms with Gasteiger partial charge in [0, 0.05) is 31.0 Å². The molecule has 1 aromatic heterocycles. The van der Waals surface area contributed by atoms with E-state index in [2.05, 4.69) is 35.7 Å². The van der Waals surface area contributed by atoms with Crippen LogP contribution in [0, 0.1) is 5.92 Å². The highest BCUT2D eigenvalue weighted by atomic mass is 16.5. The van der Waals surface area contributed by atoms with Gasteiger partial charge in [0.05, 0.1) is 18.5 Å². The van der Waals surface area contributed by atoms with Crippen molar-refractivity contribution < 1.29 is 4.74 Å². The second-order valence-electron chi connectivity index (χ2n) is 5.77. The molecular formula is C17H23N3O. The third-order valence-electron chi connectivity index (χ3n) is 4.09. The Morgan fingerprint density at radius 3 is 3.00 bits per heavy atom. The van der Waals surface area contributed by atoms with Crippen LogP contribution in [0.25, 0.3) is 5.69 Å². The van der Waals surface area contributed by atoms with E-state index in [4.69, 9.17) is 4.74 Å². The number of aromatic nitrogens is 2. The number of benzene rings is 1. The van der Waals surface area contributed by atoms with Crippen molar-refractivity contribution in [2.24, 2.45) is 5.92 Å². The summed E-state index contributed by atoms with van der Waals surface area (Å²) < 4.78 is 7.45. The molecule has 1 saturated heterocycles. The summed E-state index contributed by atoms with van der Waals surface area (Å²) >= 11 is 0. The minimum Gasteiger partial charge on any atom is -0.381 e. The van der Waals surface area contributed by atoms with E-state index in [1.54, 1.807) is 0 Å². The van der Waals surface area contributed by atoms with Crippen molar-refractivity contribution in [1.29, 1.82) is 0 Å². The van der Waals surface area contributed by atoms with E-state index < -0.39 is 0 Å². The van der Waals surface area contributed by atoms with E-state index in [0.29, 0.717) is 12.0 Å². The van der Waals surface area contributed by atoms with Crippen LogP contribution in [0.4, 0.5) is 0 Å². The molecule has 4 heteroatoms. The summed E-state index contributed by atoms with van der Waals surface area (Å²) in [5.74, 6) is 0.644. The Balaban J connectivity index is 1.57. The van der Waals surface area contributed by atoms with E-state index >= 15 is 0 Å². The van der Waals surface area contributed by atoms with Gasteiger partial charge in [-0.2, -0.15) is 5.10 Å². The molecule has 1 N–H and O–H groups in total. The molecule has 1 aliphatic heterocycles. The largest absolute Gasteiger partial charge is 0.381 e. The highest BCUT2D eigenvalue weighted by molar-refractivity contribution is 5.31. The van der Waals surface area contributed by atoms with Gasteiger partial charge >= 0.3 is 0 Å². The summed E-state index contributed by atoms with van der Waals surface area (Å²) in [5.41, 5.74) is 2.31. The molecule has 2 heterocycles. The molecule has 0 radical (unpaired) electrons. The van der Waals surface area contributed by atoms with Crippen LogP contribution < -0.4 is 5.32 Å². The van der Waals surface area contributed by atoms with Crippen molar-refractivity contribution in [3.63, 3.8) is 0 Å². The van der Waals surface area contributed by atoms with Crippen LogP contribution in [0.3, 0.4) is 0 Å². The summed E-state index contributed by atoms with van der Waals surface area (Å²) in [6, 6.07) is 10.5. The molecule has 112 valence electrons. The van der Waals surface area contributed by atoms with Crippen molar-refractivity contribution >= 4 is 0 Å². The highest BCUT2D eigenvalue weighted by Crippen LogP contribution is 2.17. The third kappa shape index (κ3) is 3.71. The molecule has 4 nitrogen and oxygen atoms in total. The average Bonchev–Trinajstić information content (AvgIpc) is 3.04. The number of hydrogen-bond acceptors (Lipinski definition) is 3. The van der Waals surface area contributed by atoms with Gasteiger partial charge in [0.15, 0.2) is 0 Å². The summed E-state index contributed by atoms with van der Waals surface area (Å²) in [5, 5.41) is 8.05. The first-order valence-corrected chi connectivity index (χ1v) is 7.74. The Hall–Kier alpha value is -1.65. The molecule has 0 bridgehead atoms. The van der Waals surface area contributed by atoms with E-state index in [-0.39, 0.29) is 0 Å². The van der Waals surface area contributed by atoms with Crippen molar-refractivity contribution in [1.82, 2.24) is 15.1 Å². The van der Waals surface area contributed by atoms with Crippen LogP contribution in [-0.2, 0) is 4.74 Å². The maximum Gasteiger partial charge on any atom is 0.0645 e. The first-order valence-electron chi connectivity index (χ1n) is 7.74. The summed E-state index contributed by atoms with van der Waals surface area (Å²) in [4.78, 5) is 0. The van der Waals surface area contributed by atoms with Crippen LogP contribution >= 0.6 is 0 Å². The van der Waals surface area contributed by atoms with Crippen molar-refractivity contribution in [2.45, 2.75) is 25.8 Å². The minimum atomic E-state index is 0.310. The molecule has 21 heavy (non-hydrogen) atoms. The van der Waals surface area contributed by atoms with Gasteiger partial charge in [-0.3, -0.25) is 0 Å². The second kappa shape index (κ2) is 6.87. The molecule has 0 amide bonds. The normalized spacial score (nSPS) is 20.3. The molecule has 2 unspecified atom stereocenters. The van der Waals surface area contributed by atoms with Gasteiger partial charge in [0.25, 0.3) is 0 Å². The maximum absolute atomic E-state index is 5.53. The van der Waals surface area contributed by atoms with Gasteiger partial charge in [-0.15, -0.1) is 0 Å². The van der Waals surface area contributed by atoms with Gasteiger partial charge in [-0.1, -0.05) is 18.2 Å². The number of para-hydroxylation sites is 1. The average molecular weight is 285 g/mol. The van der Waals surface area contributed by atoms with Crippen molar-refractivity contribution in [2.75, 3.05) is 19.8 Å². The first-order chi connectivity index (χ1) is 10.3. The lowest BCUT2D eigenvalue weighted by atomic mass is 10.0. The number of nitrogens with zero attached hydrogens (tertiary/aromatic N) is 2. The van der Waals surface area contributed by atoms with Crippen molar-refractivity contribution in [3.8, 4) is 5.69 Å². The lowest BCUT2D eigenvalue weighted by Crippen LogP contribution is -2.30. The van der Waals surface area contributed by atoms with E-state index in [0.717, 1.165) is 25.4 Å². The molecule has 0 aliphatic carbocycles. The van der Waals surface area contributed by atoms with E-state index in [1.165, 1.54) is 18.4 Å². The van der Waals surface area contributed by atoms with Crippen molar-refractivity contribution in [3.05, 3.63) is 48.3 Å². The predicted octanol–water partition coefficient (Wildman–Crippen LogP) is 2.95. The van der Waals surface area contributed by atoms with Gasteiger partial charge < -0.3 is 10.1 Å². The van der Waals surface area contributed by atoms with Crippen LogP contribution in [-0.4, -0.2) is 29.5 Å². The molecule has 1 aliphatic rings. The number of nitrogens with one attached hydrogen (secondary N) is 1. The fourth-order valence-corrected chi connectivity index (χ4v) is 2.71. The quantitative estimate of drug-likeness (QED) is 0.918. The highest BCUT2D eigenvalue weighted by Gasteiger charge is 2.15. The van der Waals surface area contributed by atoms with Gasteiger partial charge in [0.1, 0.15) is 0 Å². The Kier molecular flexibility index (Phi) is 4.68. The molecule has 1 fully saturated rings. The second-order valence-corrected chi connectivity index (χ2v) is 5.77. The predicted molar refractivity (Wildman–Crippen MR) is 83.5 cm³/mol. The Labute approximate surface area is 126 Å². The third-order valence-corrected chi connectivity index (χ3v) is 4.09. The smallest absolute Gasteiger partial charge is 0.0645 e. The van der Waals surface area contributed by atoms with Gasteiger partial charge in [-0.05, 0) is 37.8 Å². The Bertz CT molecular complexity index is 546. The number of hydrogen-bond donors (Lipinski definition) is 1. The number of rotatable bonds is 5. The number of ether oxygens (including phenoxy) is 1. The SMILES string of the molecule is CC(NCC1CCCOC1)c1cnn(-c2ccccc2)c1. The van der Waals surface area contributed by atoms with E-state index in [1.807, 2.05) is 29.1 Å². The summed E-state index contributed by atoms with van der Waals surface area (Å²) in [6.45, 7) is 5.02. The summed E-state index contributed by atoms with van der Waals surface area (Å²) in [6.07, 6.45) is 6.50. The molecule has 0 saturated carbocycles. The molecular weight excluding hydrogens is 262 g/mol. The maximum atomic E-state index is 5.53. The minimum absolute atomic E-state index is 0.310. The van der Waals surface area contributed by atoms with Crippen LogP contribution in [0.5, 0.6) is 0 Å². The topological polar surface area (TPSA) is 39.1 Å². The molecule has 0 spiro atoms. The zero-order valence-electron chi connectivity index (χ0n) is 12.5. The zero-order chi connectivity index (χ0) is 14.5. The van der Waals surface area contributed by atoms with Crippen LogP contribution in [0.15, 0.2) is 42.7 Å². The van der Waals surface area contributed by atoms with Gasteiger partial charge in [-0.25, -0.2) is 4.68 Å². The van der Waals surface area contributed by atoms with Gasteiger partial charge in [0.2, 0.25) is 0 Å². The fourth-order valence-electron chi connectivity index (χ4n) is 2.71. The fraction of sp³-hybridized carbons (Fsp3) is 0.471. The monoisotopic (exact) mass is 285 g/mol. The van der Waals surface area contributed by atoms with Crippen LogP contribution in [0.1, 0.15) is 31.4 Å².